The fourth-order valence-electron chi connectivity index (χ4n) is 2.35. The molecule has 1 rings (SSSR count). The van der Waals surface area contributed by atoms with Gasteiger partial charge in [0.15, 0.2) is 0 Å². The lowest BCUT2D eigenvalue weighted by molar-refractivity contribution is -0.152. The van der Waals surface area contributed by atoms with Crippen LogP contribution in [0.15, 0.2) is 18.2 Å². The fourth-order valence-corrected chi connectivity index (χ4v) is 2.96. The minimum Gasteiger partial charge on any atom is -0.457 e. The predicted octanol–water partition coefficient (Wildman–Crippen LogP) is 4.93. The molecule has 1 aromatic rings. The summed E-state index contributed by atoms with van der Waals surface area (Å²) in [5, 5.41) is 3.74. The monoisotopic (exact) mass is 373 g/mol. The van der Waals surface area contributed by atoms with Crippen LogP contribution in [0, 0.1) is 5.92 Å². The number of benzene rings is 1. The van der Waals surface area contributed by atoms with Gasteiger partial charge in [0.25, 0.3) is 0 Å². The molecule has 0 saturated carbocycles. The number of hydrogen-bond donors (Lipinski definition) is 1. The quantitative estimate of drug-likeness (QED) is 0.493. The van der Waals surface area contributed by atoms with Crippen molar-refractivity contribution in [2.45, 2.75) is 52.6 Å². The van der Waals surface area contributed by atoms with Crippen LogP contribution >= 0.6 is 23.2 Å². The van der Waals surface area contributed by atoms with Crippen LogP contribution < -0.4 is 5.32 Å². The molecule has 1 aromatic carbocycles. The molecule has 0 radical (unpaired) electrons. The highest BCUT2D eigenvalue weighted by Gasteiger charge is 2.25. The first kappa shape index (κ1) is 20.8. The molecule has 0 aromatic heterocycles. The minimum absolute atomic E-state index is 0.0363. The Morgan fingerprint density at radius 1 is 1.12 bits per heavy atom. The van der Waals surface area contributed by atoms with Crippen molar-refractivity contribution in [2.75, 3.05) is 6.54 Å². The van der Waals surface area contributed by atoms with Crippen LogP contribution in [0.3, 0.4) is 0 Å². The van der Waals surface area contributed by atoms with E-state index in [1.54, 1.807) is 18.2 Å². The van der Waals surface area contributed by atoms with Gasteiger partial charge >= 0.3 is 5.97 Å². The first-order valence-electron chi connectivity index (χ1n) is 8.20. The van der Waals surface area contributed by atoms with Crippen molar-refractivity contribution in [1.29, 1.82) is 0 Å². The number of unbranched alkanes of at least 4 members (excludes halogenated alkanes) is 2. The van der Waals surface area contributed by atoms with E-state index in [4.69, 9.17) is 27.9 Å². The Labute approximate surface area is 153 Å². The summed E-state index contributed by atoms with van der Waals surface area (Å²) in [6, 6.07) is 5.25. The van der Waals surface area contributed by atoms with E-state index in [1.165, 1.54) is 6.92 Å². The number of hydrogen-bond acceptors (Lipinski definition) is 3. The van der Waals surface area contributed by atoms with E-state index < -0.39 is 6.10 Å². The molecule has 0 aliphatic heterocycles. The number of rotatable bonds is 9. The third-order valence-corrected chi connectivity index (χ3v) is 4.24. The molecule has 1 unspecified atom stereocenters. The first-order valence-corrected chi connectivity index (χ1v) is 8.96. The minimum atomic E-state index is -0.460. The first-order chi connectivity index (χ1) is 11.3. The van der Waals surface area contributed by atoms with Gasteiger partial charge in [0.05, 0.1) is 0 Å². The molecule has 1 atom stereocenters. The lowest BCUT2D eigenvalue weighted by atomic mass is 9.98. The van der Waals surface area contributed by atoms with Crippen LogP contribution in [0.5, 0.6) is 0 Å². The smallest absolute Gasteiger partial charge is 0.306 e. The lowest BCUT2D eigenvalue weighted by Crippen LogP contribution is -2.20. The number of nitrogens with one attached hydrogen (secondary N) is 1. The van der Waals surface area contributed by atoms with Crippen molar-refractivity contribution in [2.24, 2.45) is 5.92 Å². The van der Waals surface area contributed by atoms with E-state index in [9.17, 15) is 9.59 Å². The lowest BCUT2D eigenvalue weighted by Gasteiger charge is -2.24. The SMILES string of the molecule is CC(=O)NCCCCCC(=O)OC(c1c(Cl)cccc1Cl)C(C)C. The number of esters is 1. The Balaban J connectivity index is 2.51. The van der Waals surface area contributed by atoms with E-state index in [-0.39, 0.29) is 17.8 Å². The second kappa shape index (κ2) is 10.6. The molecule has 0 aliphatic rings. The number of carbonyl (C=O) groups excluding carboxylic acids is 2. The van der Waals surface area contributed by atoms with Gasteiger partial charge < -0.3 is 10.1 Å². The van der Waals surface area contributed by atoms with Gasteiger partial charge in [-0.3, -0.25) is 9.59 Å². The van der Waals surface area contributed by atoms with Crippen LogP contribution in [-0.4, -0.2) is 18.4 Å². The van der Waals surface area contributed by atoms with Crippen molar-refractivity contribution in [1.82, 2.24) is 5.32 Å². The van der Waals surface area contributed by atoms with E-state index in [0.717, 1.165) is 19.3 Å². The molecule has 0 heterocycles. The van der Waals surface area contributed by atoms with Gasteiger partial charge in [0.2, 0.25) is 5.91 Å². The second-order valence-electron chi connectivity index (χ2n) is 6.08. The van der Waals surface area contributed by atoms with E-state index in [0.29, 0.717) is 28.6 Å². The molecule has 6 heteroatoms. The third-order valence-electron chi connectivity index (χ3n) is 3.58. The summed E-state index contributed by atoms with van der Waals surface area (Å²) in [7, 11) is 0. The van der Waals surface area contributed by atoms with E-state index in [2.05, 4.69) is 5.32 Å². The molecule has 1 amide bonds. The van der Waals surface area contributed by atoms with Crippen molar-refractivity contribution in [3.05, 3.63) is 33.8 Å². The largest absolute Gasteiger partial charge is 0.457 e. The predicted molar refractivity (Wildman–Crippen MR) is 97.3 cm³/mol. The number of ether oxygens (including phenoxy) is 1. The molecular formula is C18H25Cl2NO3. The normalized spacial score (nSPS) is 12.1. The Hall–Kier alpha value is -1.26. The third kappa shape index (κ3) is 7.10. The zero-order chi connectivity index (χ0) is 18.1. The van der Waals surface area contributed by atoms with Gasteiger partial charge in [-0.1, -0.05) is 49.5 Å². The van der Waals surface area contributed by atoms with E-state index in [1.807, 2.05) is 13.8 Å². The highest BCUT2D eigenvalue weighted by Crippen LogP contribution is 2.36. The topological polar surface area (TPSA) is 55.4 Å². The maximum Gasteiger partial charge on any atom is 0.306 e. The van der Waals surface area contributed by atoms with Crippen molar-refractivity contribution < 1.29 is 14.3 Å². The molecule has 0 saturated heterocycles. The summed E-state index contributed by atoms with van der Waals surface area (Å²) < 4.78 is 5.63. The van der Waals surface area contributed by atoms with Crippen molar-refractivity contribution in [3.8, 4) is 0 Å². The van der Waals surface area contributed by atoms with Crippen LogP contribution in [0.25, 0.3) is 0 Å². The molecule has 134 valence electrons. The maximum absolute atomic E-state index is 12.1. The number of carbonyl (C=O) groups is 2. The maximum atomic E-state index is 12.1. The average Bonchev–Trinajstić information content (AvgIpc) is 2.49. The molecular weight excluding hydrogens is 349 g/mol. The van der Waals surface area contributed by atoms with Crippen LogP contribution in [0.1, 0.15) is 58.1 Å². The van der Waals surface area contributed by atoms with Gasteiger partial charge in [-0.05, 0) is 30.9 Å². The molecule has 0 aliphatic carbocycles. The van der Waals surface area contributed by atoms with Gasteiger partial charge in [0, 0.05) is 35.5 Å². The molecule has 1 N–H and O–H groups in total. The van der Waals surface area contributed by atoms with Gasteiger partial charge in [0.1, 0.15) is 6.10 Å². The Morgan fingerprint density at radius 3 is 2.29 bits per heavy atom. The zero-order valence-corrected chi connectivity index (χ0v) is 15.9. The summed E-state index contributed by atoms with van der Waals surface area (Å²) >= 11 is 12.5. The Bertz CT molecular complexity index is 541. The number of amides is 1. The standard InChI is InChI=1S/C18H25Cl2NO3/c1-12(2)18(17-14(19)8-7-9-15(17)20)24-16(23)10-5-4-6-11-21-13(3)22/h7-9,12,18H,4-6,10-11H2,1-3H3,(H,21,22). The van der Waals surface area contributed by atoms with Crippen LogP contribution in [-0.2, 0) is 14.3 Å². The molecule has 0 fully saturated rings. The highest BCUT2D eigenvalue weighted by molar-refractivity contribution is 6.36. The summed E-state index contributed by atoms with van der Waals surface area (Å²) in [4.78, 5) is 22.9. The average molecular weight is 374 g/mol. The van der Waals surface area contributed by atoms with Gasteiger partial charge in [-0.15, -0.1) is 0 Å². The van der Waals surface area contributed by atoms with Gasteiger partial charge in [-0.2, -0.15) is 0 Å². The summed E-state index contributed by atoms with van der Waals surface area (Å²) in [6.45, 7) is 6.05. The zero-order valence-electron chi connectivity index (χ0n) is 14.4. The van der Waals surface area contributed by atoms with Gasteiger partial charge in [-0.25, -0.2) is 0 Å². The Morgan fingerprint density at radius 2 is 1.75 bits per heavy atom. The fraction of sp³-hybridized carbons (Fsp3) is 0.556. The van der Waals surface area contributed by atoms with Crippen LogP contribution in [0.4, 0.5) is 0 Å². The molecule has 0 spiro atoms. The highest BCUT2D eigenvalue weighted by atomic mass is 35.5. The Kier molecular flexibility index (Phi) is 9.16. The second-order valence-corrected chi connectivity index (χ2v) is 6.90. The van der Waals surface area contributed by atoms with Crippen molar-refractivity contribution >= 4 is 35.1 Å². The van der Waals surface area contributed by atoms with E-state index >= 15 is 0 Å². The summed E-state index contributed by atoms with van der Waals surface area (Å²) in [5.41, 5.74) is 0.662. The summed E-state index contributed by atoms with van der Waals surface area (Å²) in [5.74, 6) is -0.235. The summed E-state index contributed by atoms with van der Waals surface area (Å²) in [6.07, 6.45) is 2.30. The molecule has 0 bridgehead atoms. The van der Waals surface area contributed by atoms with Crippen molar-refractivity contribution in [3.63, 3.8) is 0 Å². The molecule has 24 heavy (non-hydrogen) atoms. The van der Waals surface area contributed by atoms with Crippen LogP contribution in [0.2, 0.25) is 10.0 Å². The number of halogens is 2. The molecule has 4 nitrogen and oxygen atoms in total.